The fraction of sp³-hybridized carbons (Fsp3) is 0.619. The molecule has 0 unspecified atom stereocenters. The van der Waals surface area contributed by atoms with Crippen LogP contribution >= 0.6 is 11.6 Å². The highest BCUT2D eigenvalue weighted by Gasteiger charge is 2.26. The molecule has 0 aromatic carbocycles. The van der Waals surface area contributed by atoms with E-state index in [9.17, 15) is 9.59 Å². The van der Waals surface area contributed by atoms with Crippen molar-refractivity contribution in [3.05, 3.63) is 23.1 Å². The standard InChI is InChI=1S/C21H32ClN5O4/c1-20(2,3)30-18(28)26(10-9-25(7)8)13-15-17-14(11-16(22)24-15)12-23-27(17)19(29)31-21(4,5)6/h11-12H,9-10,13H2,1-8H3. The zero-order valence-corrected chi connectivity index (χ0v) is 20.3. The maximum atomic E-state index is 12.9. The van der Waals surface area contributed by atoms with Gasteiger partial charge in [0.15, 0.2) is 0 Å². The molecular weight excluding hydrogens is 422 g/mol. The van der Waals surface area contributed by atoms with E-state index in [0.29, 0.717) is 29.7 Å². The second-order valence-corrected chi connectivity index (χ2v) is 9.96. The summed E-state index contributed by atoms with van der Waals surface area (Å²) in [5.74, 6) is 0. The van der Waals surface area contributed by atoms with Gasteiger partial charge in [-0.25, -0.2) is 14.6 Å². The second-order valence-electron chi connectivity index (χ2n) is 9.57. The molecule has 0 aliphatic carbocycles. The Kier molecular flexibility index (Phi) is 7.54. The molecule has 0 spiro atoms. The maximum Gasteiger partial charge on any atom is 0.435 e. The van der Waals surface area contributed by atoms with E-state index in [1.54, 1.807) is 26.8 Å². The highest BCUT2D eigenvalue weighted by molar-refractivity contribution is 6.30. The Hall–Kier alpha value is -2.39. The molecule has 0 saturated carbocycles. The van der Waals surface area contributed by atoms with Crippen molar-refractivity contribution in [1.29, 1.82) is 0 Å². The first-order chi connectivity index (χ1) is 14.2. The van der Waals surface area contributed by atoms with Crippen molar-refractivity contribution in [2.45, 2.75) is 59.3 Å². The lowest BCUT2D eigenvalue weighted by atomic mass is 10.2. The number of aromatic nitrogens is 3. The first-order valence-electron chi connectivity index (χ1n) is 10.1. The molecular formula is C21H32ClN5O4. The summed E-state index contributed by atoms with van der Waals surface area (Å²) in [6.45, 7) is 11.9. The van der Waals surface area contributed by atoms with Crippen LogP contribution in [-0.4, -0.2) is 75.1 Å². The summed E-state index contributed by atoms with van der Waals surface area (Å²) in [4.78, 5) is 33.4. The van der Waals surface area contributed by atoms with Crippen LogP contribution in [0.3, 0.4) is 0 Å². The first-order valence-corrected chi connectivity index (χ1v) is 10.4. The van der Waals surface area contributed by atoms with E-state index in [1.165, 1.54) is 11.1 Å². The Morgan fingerprint density at radius 1 is 1.06 bits per heavy atom. The van der Waals surface area contributed by atoms with E-state index < -0.39 is 23.4 Å². The monoisotopic (exact) mass is 453 g/mol. The van der Waals surface area contributed by atoms with Crippen LogP contribution in [0.25, 0.3) is 10.9 Å². The minimum absolute atomic E-state index is 0.0916. The molecule has 0 aliphatic rings. The van der Waals surface area contributed by atoms with Crippen LogP contribution in [0.5, 0.6) is 0 Å². The minimum Gasteiger partial charge on any atom is -0.444 e. The van der Waals surface area contributed by atoms with Crippen LogP contribution < -0.4 is 0 Å². The summed E-state index contributed by atoms with van der Waals surface area (Å²) in [5, 5.41) is 5.03. The molecule has 2 aromatic rings. The van der Waals surface area contributed by atoms with Gasteiger partial charge in [-0.2, -0.15) is 9.78 Å². The lowest BCUT2D eigenvalue weighted by Crippen LogP contribution is -2.40. The predicted octanol–water partition coefficient (Wildman–Crippen LogP) is 4.17. The Morgan fingerprint density at radius 2 is 1.68 bits per heavy atom. The van der Waals surface area contributed by atoms with Crippen molar-refractivity contribution in [3.63, 3.8) is 0 Å². The third kappa shape index (κ3) is 7.36. The van der Waals surface area contributed by atoms with E-state index >= 15 is 0 Å². The molecule has 31 heavy (non-hydrogen) atoms. The smallest absolute Gasteiger partial charge is 0.435 e. The largest absolute Gasteiger partial charge is 0.444 e. The summed E-state index contributed by atoms with van der Waals surface area (Å²) in [6, 6.07) is 1.62. The minimum atomic E-state index is -0.691. The van der Waals surface area contributed by atoms with Crippen molar-refractivity contribution in [1.82, 2.24) is 24.6 Å². The van der Waals surface area contributed by atoms with E-state index in [-0.39, 0.29) is 11.7 Å². The van der Waals surface area contributed by atoms with Crippen LogP contribution in [0.1, 0.15) is 47.2 Å². The summed E-state index contributed by atoms with van der Waals surface area (Å²) >= 11 is 6.21. The zero-order chi connectivity index (χ0) is 23.6. The van der Waals surface area contributed by atoms with Gasteiger partial charge in [0, 0.05) is 18.5 Å². The number of amides is 1. The molecule has 0 aliphatic heterocycles. The van der Waals surface area contributed by atoms with Crippen LogP contribution in [0, 0.1) is 0 Å². The number of rotatable bonds is 5. The SMILES string of the molecule is CN(C)CCN(Cc1nc(Cl)cc2cnn(C(=O)OC(C)(C)C)c12)C(=O)OC(C)(C)C. The summed E-state index contributed by atoms with van der Waals surface area (Å²) in [7, 11) is 3.83. The lowest BCUT2D eigenvalue weighted by Gasteiger charge is -2.28. The van der Waals surface area contributed by atoms with Gasteiger partial charge in [-0.05, 0) is 61.7 Å². The summed E-state index contributed by atoms with van der Waals surface area (Å²) < 4.78 is 12.2. The van der Waals surface area contributed by atoms with Gasteiger partial charge in [-0.1, -0.05) is 11.6 Å². The fourth-order valence-corrected chi connectivity index (χ4v) is 2.93. The first kappa shape index (κ1) is 24.9. The van der Waals surface area contributed by atoms with Crippen molar-refractivity contribution in [2.75, 3.05) is 27.2 Å². The molecule has 0 radical (unpaired) electrons. The van der Waals surface area contributed by atoms with Crippen LogP contribution in [0.15, 0.2) is 12.3 Å². The van der Waals surface area contributed by atoms with Crippen LogP contribution in [0.4, 0.5) is 9.59 Å². The number of ether oxygens (including phenoxy) is 2. The van der Waals surface area contributed by atoms with Gasteiger partial charge in [-0.3, -0.25) is 0 Å². The lowest BCUT2D eigenvalue weighted by molar-refractivity contribution is 0.0222. The summed E-state index contributed by atoms with van der Waals surface area (Å²) in [5.41, 5.74) is -0.473. The van der Waals surface area contributed by atoms with Crippen molar-refractivity contribution < 1.29 is 19.1 Å². The Bertz CT molecular complexity index is 944. The van der Waals surface area contributed by atoms with Gasteiger partial charge in [0.25, 0.3) is 0 Å². The number of carbonyl (C=O) groups is 2. The van der Waals surface area contributed by atoms with Crippen molar-refractivity contribution >= 4 is 34.7 Å². The highest BCUT2D eigenvalue weighted by Crippen LogP contribution is 2.24. The third-order valence-electron chi connectivity index (χ3n) is 3.96. The molecule has 2 aromatic heterocycles. The molecule has 0 N–H and O–H groups in total. The molecule has 0 saturated heterocycles. The van der Waals surface area contributed by atoms with E-state index in [0.717, 1.165) is 4.68 Å². The van der Waals surface area contributed by atoms with Gasteiger partial charge >= 0.3 is 12.2 Å². The van der Waals surface area contributed by atoms with E-state index in [1.807, 2.05) is 39.8 Å². The fourth-order valence-electron chi connectivity index (χ4n) is 2.71. The molecule has 2 heterocycles. The Labute approximate surface area is 188 Å². The molecule has 0 atom stereocenters. The number of halogens is 1. The van der Waals surface area contributed by atoms with Gasteiger partial charge in [0.2, 0.25) is 0 Å². The Balaban J connectivity index is 2.46. The molecule has 9 nitrogen and oxygen atoms in total. The normalized spacial score (nSPS) is 12.3. The molecule has 10 heteroatoms. The van der Waals surface area contributed by atoms with Crippen LogP contribution in [0.2, 0.25) is 5.15 Å². The number of pyridine rings is 1. The predicted molar refractivity (Wildman–Crippen MR) is 119 cm³/mol. The average molecular weight is 454 g/mol. The van der Waals surface area contributed by atoms with Crippen molar-refractivity contribution in [2.24, 2.45) is 0 Å². The van der Waals surface area contributed by atoms with Gasteiger partial charge in [-0.15, -0.1) is 0 Å². The Morgan fingerprint density at radius 3 is 2.23 bits per heavy atom. The zero-order valence-electron chi connectivity index (χ0n) is 19.5. The number of hydrogen-bond donors (Lipinski definition) is 0. The number of fused-ring (bicyclic) bond motifs is 1. The molecule has 2 rings (SSSR count). The average Bonchev–Trinajstić information content (AvgIpc) is 2.99. The van der Waals surface area contributed by atoms with E-state index in [2.05, 4.69) is 10.1 Å². The quantitative estimate of drug-likeness (QED) is 0.627. The molecule has 172 valence electrons. The number of carbonyl (C=O) groups excluding carboxylic acids is 2. The van der Waals surface area contributed by atoms with Gasteiger partial charge < -0.3 is 19.3 Å². The number of likely N-dealkylation sites (N-methyl/N-ethyl adjacent to an activating group) is 1. The number of nitrogens with zero attached hydrogens (tertiary/aromatic N) is 5. The highest BCUT2D eigenvalue weighted by atomic mass is 35.5. The number of hydrogen-bond acceptors (Lipinski definition) is 7. The molecule has 1 amide bonds. The van der Waals surface area contributed by atoms with Crippen LogP contribution in [-0.2, 0) is 16.0 Å². The van der Waals surface area contributed by atoms with Gasteiger partial charge in [0.05, 0.1) is 18.4 Å². The topological polar surface area (TPSA) is 89.8 Å². The van der Waals surface area contributed by atoms with Crippen molar-refractivity contribution in [3.8, 4) is 0 Å². The molecule has 0 bridgehead atoms. The maximum absolute atomic E-state index is 12.9. The summed E-state index contributed by atoms with van der Waals surface area (Å²) in [6.07, 6.45) is 0.408. The second kappa shape index (κ2) is 9.40. The third-order valence-corrected chi connectivity index (χ3v) is 4.16. The van der Waals surface area contributed by atoms with Gasteiger partial charge in [0.1, 0.15) is 21.9 Å². The van der Waals surface area contributed by atoms with E-state index in [4.69, 9.17) is 21.1 Å². The molecule has 0 fully saturated rings.